The van der Waals surface area contributed by atoms with Gasteiger partial charge in [0.1, 0.15) is 18.7 Å². The van der Waals surface area contributed by atoms with Crippen LogP contribution in [-0.2, 0) is 10.0 Å². The molecule has 0 fully saturated rings. The Morgan fingerprint density at radius 2 is 1.83 bits per heavy atom. The second-order valence-electron chi connectivity index (χ2n) is 5.33. The molecule has 0 atom stereocenters. The lowest BCUT2D eigenvalue weighted by atomic mass is 10.3. The topological polar surface area (TPSA) is 90.7 Å². The van der Waals surface area contributed by atoms with Crippen molar-refractivity contribution in [2.24, 2.45) is 0 Å². The number of anilines is 1. The summed E-state index contributed by atoms with van der Waals surface area (Å²) in [6.45, 7) is 2.58. The van der Waals surface area contributed by atoms with Gasteiger partial charge in [0.2, 0.25) is 0 Å². The third kappa shape index (κ3) is 2.65. The van der Waals surface area contributed by atoms with Gasteiger partial charge in [-0.2, -0.15) is 0 Å². The molecule has 0 radical (unpaired) electrons. The van der Waals surface area contributed by atoms with Gasteiger partial charge in [0.05, 0.1) is 10.6 Å². The first kappa shape index (κ1) is 14.8. The summed E-state index contributed by atoms with van der Waals surface area (Å²) in [4.78, 5) is 4.28. The van der Waals surface area contributed by atoms with E-state index in [0.29, 0.717) is 47.4 Å². The number of oxazole rings is 1. The number of nitrogens with zero attached hydrogens (tertiary/aromatic N) is 1. The molecule has 1 aliphatic heterocycles. The SMILES string of the molecule is Cc1nc2ccc(NS(=O)(=O)c3ccc4c(c3)OCCO4)cc2o1. The van der Waals surface area contributed by atoms with Crippen LogP contribution in [0.1, 0.15) is 5.89 Å². The monoisotopic (exact) mass is 346 g/mol. The van der Waals surface area contributed by atoms with E-state index in [1.807, 2.05) is 0 Å². The molecule has 0 saturated carbocycles. The minimum absolute atomic E-state index is 0.0978. The Morgan fingerprint density at radius 3 is 2.67 bits per heavy atom. The molecule has 0 saturated heterocycles. The molecule has 2 aromatic carbocycles. The normalized spacial score (nSPS) is 13.9. The Hall–Kier alpha value is -2.74. The van der Waals surface area contributed by atoms with Crippen molar-refractivity contribution in [3.63, 3.8) is 0 Å². The number of aryl methyl sites for hydroxylation is 1. The van der Waals surface area contributed by atoms with E-state index in [2.05, 4.69) is 9.71 Å². The molecule has 1 aromatic heterocycles. The number of aromatic nitrogens is 1. The van der Waals surface area contributed by atoms with Gasteiger partial charge in [-0.15, -0.1) is 0 Å². The highest BCUT2D eigenvalue weighted by molar-refractivity contribution is 7.92. The Labute approximate surface area is 138 Å². The summed E-state index contributed by atoms with van der Waals surface area (Å²) in [7, 11) is -3.76. The number of sulfonamides is 1. The lowest BCUT2D eigenvalue weighted by Crippen LogP contribution is -2.17. The maximum absolute atomic E-state index is 12.6. The van der Waals surface area contributed by atoms with E-state index in [9.17, 15) is 8.42 Å². The molecule has 0 bridgehead atoms. The van der Waals surface area contributed by atoms with Gasteiger partial charge in [-0.3, -0.25) is 4.72 Å². The molecule has 3 aromatic rings. The van der Waals surface area contributed by atoms with Crippen LogP contribution in [0.2, 0.25) is 0 Å². The van der Waals surface area contributed by atoms with E-state index in [1.165, 1.54) is 12.1 Å². The van der Waals surface area contributed by atoms with Crippen molar-refractivity contribution in [1.29, 1.82) is 0 Å². The molecule has 2 heterocycles. The number of hydrogen-bond donors (Lipinski definition) is 1. The minimum atomic E-state index is -3.76. The molecule has 24 heavy (non-hydrogen) atoms. The summed E-state index contributed by atoms with van der Waals surface area (Å²) in [6.07, 6.45) is 0. The molecular formula is C16H14N2O5S. The van der Waals surface area contributed by atoms with Gasteiger partial charge >= 0.3 is 0 Å². The standard InChI is InChI=1S/C16H14N2O5S/c1-10-17-13-4-2-11(8-15(13)23-10)18-24(19,20)12-3-5-14-16(9-12)22-7-6-21-14/h2-5,8-9,18H,6-7H2,1H3. The predicted octanol–water partition coefficient (Wildman–Crippen LogP) is 2.71. The second-order valence-corrected chi connectivity index (χ2v) is 7.01. The van der Waals surface area contributed by atoms with Gasteiger partial charge in [0.15, 0.2) is 23.0 Å². The van der Waals surface area contributed by atoms with Crippen LogP contribution >= 0.6 is 0 Å². The van der Waals surface area contributed by atoms with Gasteiger partial charge in [0, 0.05) is 19.1 Å². The van der Waals surface area contributed by atoms with Gasteiger partial charge in [-0.25, -0.2) is 13.4 Å². The van der Waals surface area contributed by atoms with E-state index in [1.54, 1.807) is 31.2 Å². The molecule has 1 aliphatic rings. The van der Waals surface area contributed by atoms with Crippen molar-refractivity contribution in [1.82, 2.24) is 4.98 Å². The molecule has 4 rings (SSSR count). The van der Waals surface area contributed by atoms with Crippen molar-refractivity contribution in [2.45, 2.75) is 11.8 Å². The van der Waals surface area contributed by atoms with Gasteiger partial charge in [-0.05, 0) is 24.3 Å². The molecule has 0 spiro atoms. The molecule has 8 heteroatoms. The van der Waals surface area contributed by atoms with Crippen molar-refractivity contribution >= 4 is 26.8 Å². The first-order chi connectivity index (χ1) is 11.5. The summed E-state index contributed by atoms with van der Waals surface area (Å²) in [5.74, 6) is 1.49. The molecule has 0 amide bonds. The van der Waals surface area contributed by atoms with Crippen LogP contribution in [0.5, 0.6) is 11.5 Å². The van der Waals surface area contributed by atoms with Crippen LogP contribution in [-0.4, -0.2) is 26.6 Å². The zero-order chi connectivity index (χ0) is 16.7. The highest BCUT2D eigenvalue weighted by Crippen LogP contribution is 2.33. The average Bonchev–Trinajstić information content (AvgIpc) is 2.93. The van der Waals surface area contributed by atoms with E-state index in [0.717, 1.165) is 0 Å². The smallest absolute Gasteiger partial charge is 0.262 e. The largest absolute Gasteiger partial charge is 0.486 e. The first-order valence-corrected chi connectivity index (χ1v) is 8.79. The number of hydrogen-bond acceptors (Lipinski definition) is 6. The average molecular weight is 346 g/mol. The van der Waals surface area contributed by atoms with Crippen LogP contribution in [0.25, 0.3) is 11.1 Å². The van der Waals surface area contributed by atoms with Crippen LogP contribution in [0.4, 0.5) is 5.69 Å². The minimum Gasteiger partial charge on any atom is -0.486 e. The highest BCUT2D eigenvalue weighted by atomic mass is 32.2. The van der Waals surface area contributed by atoms with Crippen molar-refractivity contribution in [3.05, 3.63) is 42.3 Å². The van der Waals surface area contributed by atoms with E-state index in [4.69, 9.17) is 13.9 Å². The Bertz CT molecular complexity index is 1030. The summed E-state index contributed by atoms with van der Waals surface area (Å²) >= 11 is 0. The molecule has 0 aliphatic carbocycles. The summed E-state index contributed by atoms with van der Waals surface area (Å²) in [5, 5.41) is 0. The molecule has 124 valence electrons. The lowest BCUT2D eigenvalue weighted by molar-refractivity contribution is 0.171. The summed E-state index contributed by atoms with van der Waals surface area (Å²) < 4.78 is 43.9. The number of rotatable bonds is 3. The van der Waals surface area contributed by atoms with Crippen LogP contribution < -0.4 is 14.2 Å². The van der Waals surface area contributed by atoms with Gasteiger partial charge in [-0.1, -0.05) is 0 Å². The Kier molecular flexibility index (Phi) is 3.34. The number of nitrogens with one attached hydrogen (secondary N) is 1. The quantitative estimate of drug-likeness (QED) is 0.784. The summed E-state index contributed by atoms with van der Waals surface area (Å²) in [5.41, 5.74) is 1.60. The Morgan fingerprint density at radius 1 is 1.04 bits per heavy atom. The maximum Gasteiger partial charge on any atom is 0.262 e. The lowest BCUT2D eigenvalue weighted by Gasteiger charge is -2.19. The molecule has 0 unspecified atom stereocenters. The van der Waals surface area contributed by atoms with Crippen LogP contribution in [0, 0.1) is 6.92 Å². The van der Waals surface area contributed by atoms with E-state index >= 15 is 0 Å². The maximum atomic E-state index is 12.6. The number of fused-ring (bicyclic) bond motifs is 2. The van der Waals surface area contributed by atoms with E-state index < -0.39 is 10.0 Å². The predicted molar refractivity (Wildman–Crippen MR) is 87.0 cm³/mol. The van der Waals surface area contributed by atoms with Gasteiger partial charge in [0.25, 0.3) is 10.0 Å². The number of ether oxygens (including phenoxy) is 2. The molecular weight excluding hydrogens is 332 g/mol. The van der Waals surface area contributed by atoms with Crippen LogP contribution in [0.15, 0.2) is 45.7 Å². The Balaban J connectivity index is 1.66. The first-order valence-electron chi connectivity index (χ1n) is 7.31. The van der Waals surface area contributed by atoms with Crippen molar-refractivity contribution in [3.8, 4) is 11.5 Å². The third-order valence-corrected chi connectivity index (χ3v) is 4.95. The fraction of sp³-hybridized carbons (Fsp3) is 0.188. The van der Waals surface area contributed by atoms with Gasteiger partial charge < -0.3 is 13.9 Å². The molecule has 1 N–H and O–H groups in total. The van der Waals surface area contributed by atoms with Crippen molar-refractivity contribution < 1.29 is 22.3 Å². The zero-order valence-corrected chi connectivity index (χ0v) is 13.6. The third-order valence-electron chi connectivity index (χ3n) is 3.57. The highest BCUT2D eigenvalue weighted by Gasteiger charge is 2.20. The summed E-state index contributed by atoms with van der Waals surface area (Å²) in [6, 6.07) is 9.46. The van der Waals surface area contributed by atoms with E-state index in [-0.39, 0.29) is 4.90 Å². The molecule has 7 nitrogen and oxygen atoms in total. The fourth-order valence-electron chi connectivity index (χ4n) is 2.51. The fourth-order valence-corrected chi connectivity index (χ4v) is 3.57. The number of benzene rings is 2. The second kappa shape index (κ2) is 5.41. The van der Waals surface area contributed by atoms with Crippen LogP contribution in [0.3, 0.4) is 0 Å². The zero-order valence-electron chi connectivity index (χ0n) is 12.8. The van der Waals surface area contributed by atoms with Crippen molar-refractivity contribution in [2.75, 3.05) is 17.9 Å².